The van der Waals surface area contributed by atoms with Gasteiger partial charge in [-0.15, -0.1) is 0 Å². The summed E-state index contributed by atoms with van der Waals surface area (Å²) in [5, 5.41) is 3.86. The molecule has 1 aromatic heterocycles. The van der Waals surface area contributed by atoms with Gasteiger partial charge in [-0.2, -0.15) is 0 Å². The molecular formula is C17H10BrN3O3. The van der Waals surface area contributed by atoms with Crippen molar-refractivity contribution in [2.24, 2.45) is 0 Å². The van der Waals surface area contributed by atoms with Crippen molar-refractivity contribution in [1.29, 1.82) is 0 Å². The van der Waals surface area contributed by atoms with Gasteiger partial charge < -0.3 is 5.73 Å². The number of rotatable bonds is 1. The third-order valence-electron chi connectivity index (χ3n) is 4.04. The lowest BCUT2D eigenvalue weighted by Gasteiger charge is -2.14. The summed E-state index contributed by atoms with van der Waals surface area (Å²) < 4.78 is 2.13. The maximum Gasteiger partial charge on any atom is 0.262 e. The summed E-state index contributed by atoms with van der Waals surface area (Å²) in [5.74, 6) is -1.25. The van der Waals surface area contributed by atoms with Crippen molar-refractivity contribution in [3.63, 3.8) is 0 Å². The van der Waals surface area contributed by atoms with Crippen molar-refractivity contribution in [2.75, 3.05) is 5.73 Å². The number of carbonyl (C=O) groups is 2. The highest BCUT2D eigenvalue weighted by molar-refractivity contribution is 9.10. The van der Waals surface area contributed by atoms with Crippen molar-refractivity contribution >= 4 is 44.3 Å². The monoisotopic (exact) mass is 383 g/mol. The molecule has 0 radical (unpaired) electrons. The number of imide groups is 1. The molecule has 0 saturated carbocycles. The summed E-state index contributed by atoms with van der Waals surface area (Å²) in [7, 11) is 0. The highest BCUT2D eigenvalue weighted by Crippen LogP contribution is 2.30. The van der Waals surface area contributed by atoms with E-state index in [1.165, 1.54) is 4.57 Å². The molecule has 0 bridgehead atoms. The molecule has 118 valence electrons. The number of hydrogen-bond donors (Lipinski definition) is 2. The molecule has 0 atom stereocenters. The summed E-state index contributed by atoms with van der Waals surface area (Å²) in [6.45, 7) is 0. The number of hydrogen-bond acceptors (Lipinski definition) is 4. The zero-order valence-electron chi connectivity index (χ0n) is 12.2. The van der Waals surface area contributed by atoms with E-state index in [9.17, 15) is 14.4 Å². The summed E-state index contributed by atoms with van der Waals surface area (Å²) in [5.41, 5.74) is 6.21. The van der Waals surface area contributed by atoms with E-state index in [1.54, 1.807) is 12.1 Å². The molecule has 0 aliphatic carbocycles. The first-order valence-corrected chi connectivity index (χ1v) is 7.87. The molecule has 0 fully saturated rings. The van der Waals surface area contributed by atoms with E-state index in [2.05, 4.69) is 21.2 Å². The van der Waals surface area contributed by atoms with Gasteiger partial charge in [-0.1, -0.05) is 40.2 Å². The second-order valence-electron chi connectivity index (χ2n) is 5.39. The van der Waals surface area contributed by atoms with Gasteiger partial charge in [0.25, 0.3) is 17.4 Å². The number of benzene rings is 2. The number of nitrogen functional groups attached to an aromatic ring is 1. The SMILES string of the molecule is Nc1c2c(cc(=O)n1-c1cccc3c(Br)cccc13)C(=O)NC2=O. The first kappa shape index (κ1) is 14.6. The fraction of sp³-hybridized carbons (Fsp3) is 0. The maximum atomic E-state index is 12.6. The largest absolute Gasteiger partial charge is 0.384 e. The Morgan fingerprint density at radius 2 is 1.67 bits per heavy atom. The van der Waals surface area contributed by atoms with Crippen LogP contribution in [-0.2, 0) is 0 Å². The summed E-state index contributed by atoms with van der Waals surface area (Å²) in [4.78, 5) is 36.3. The van der Waals surface area contributed by atoms with Crippen LogP contribution in [0.1, 0.15) is 20.7 Å². The lowest BCUT2D eigenvalue weighted by molar-refractivity contribution is 0.0880. The van der Waals surface area contributed by atoms with Gasteiger partial charge >= 0.3 is 0 Å². The van der Waals surface area contributed by atoms with Crippen LogP contribution in [0.5, 0.6) is 0 Å². The van der Waals surface area contributed by atoms with Crippen molar-refractivity contribution < 1.29 is 9.59 Å². The van der Waals surface area contributed by atoms with E-state index in [0.29, 0.717) is 5.69 Å². The van der Waals surface area contributed by atoms with Crippen LogP contribution in [-0.4, -0.2) is 16.4 Å². The zero-order chi connectivity index (χ0) is 17.0. The van der Waals surface area contributed by atoms with Crippen LogP contribution in [0.25, 0.3) is 16.5 Å². The second-order valence-corrected chi connectivity index (χ2v) is 6.24. The van der Waals surface area contributed by atoms with Gasteiger partial charge in [-0.25, -0.2) is 0 Å². The Morgan fingerprint density at radius 1 is 0.958 bits per heavy atom. The molecule has 6 nitrogen and oxygen atoms in total. The van der Waals surface area contributed by atoms with Crippen molar-refractivity contribution in [2.45, 2.75) is 0 Å². The number of pyridine rings is 1. The van der Waals surface area contributed by atoms with Crippen LogP contribution in [0.2, 0.25) is 0 Å². The molecule has 0 saturated heterocycles. The van der Waals surface area contributed by atoms with Crippen molar-refractivity contribution in [3.05, 3.63) is 68.4 Å². The third-order valence-corrected chi connectivity index (χ3v) is 4.73. The molecular weight excluding hydrogens is 374 g/mol. The van der Waals surface area contributed by atoms with E-state index in [-0.39, 0.29) is 16.9 Å². The van der Waals surface area contributed by atoms with Gasteiger partial charge in [0.1, 0.15) is 5.82 Å². The maximum absolute atomic E-state index is 12.6. The Kier molecular flexibility index (Phi) is 3.07. The van der Waals surface area contributed by atoms with Gasteiger partial charge in [0.15, 0.2) is 0 Å². The molecule has 2 amide bonds. The normalized spacial score (nSPS) is 13.2. The Bertz CT molecular complexity index is 1120. The number of nitrogens with two attached hydrogens (primary N) is 1. The molecule has 2 heterocycles. The van der Waals surface area contributed by atoms with E-state index in [0.717, 1.165) is 21.3 Å². The standard InChI is InChI=1S/C17H10BrN3O3/c18-11-5-1-4-9-8(11)3-2-6-12(9)21-13(22)7-10-14(15(21)19)17(24)20-16(10)23/h1-7H,19H2,(H,20,23,24). The molecule has 1 aliphatic heterocycles. The smallest absolute Gasteiger partial charge is 0.262 e. The van der Waals surface area contributed by atoms with E-state index >= 15 is 0 Å². The Hall–Kier alpha value is -2.93. The van der Waals surface area contributed by atoms with Crippen LogP contribution in [0.4, 0.5) is 5.82 Å². The fourth-order valence-corrected chi connectivity index (χ4v) is 3.48. The minimum atomic E-state index is -0.605. The van der Waals surface area contributed by atoms with E-state index < -0.39 is 17.4 Å². The van der Waals surface area contributed by atoms with Crippen LogP contribution >= 0.6 is 15.9 Å². The number of amides is 2. The van der Waals surface area contributed by atoms with Crippen molar-refractivity contribution in [3.8, 4) is 5.69 Å². The van der Waals surface area contributed by atoms with Crippen LogP contribution in [0, 0.1) is 0 Å². The number of nitrogens with zero attached hydrogens (tertiary/aromatic N) is 1. The number of aromatic nitrogens is 1. The first-order valence-electron chi connectivity index (χ1n) is 7.08. The summed E-state index contributed by atoms with van der Waals surface area (Å²) in [6.07, 6.45) is 0. The molecule has 3 N–H and O–H groups in total. The summed E-state index contributed by atoms with van der Waals surface area (Å²) >= 11 is 3.48. The predicted octanol–water partition coefficient (Wildman–Crippen LogP) is 2.22. The molecule has 2 aromatic carbocycles. The van der Waals surface area contributed by atoms with Gasteiger partial charge in [0.05, 0.1) is 16.8 Å². The number of carbonyl (C=O) groups excluding carboxylic acids is 2. The molecule has 1 aliphatic rings. The van der Waals surface area contributed by atoms with Gasteiger partial charge in [0, 0.05) is 15.9 Å². The fourth-order valence-electron chi connectivity index (χ4n) is 2.98. The van der Waals surface area contributed by atoms with E-state index in [4.69, 9.17) is 5.73 Å². The van der Waals surface area contributed by atoms with Gasteiger partial charge in [-0.3, -0.25) is 24.3 Å². The molecule has 0 unspecified atom stereocenters. The van der Waals surface area contributed by atoms with Crippen molar-refractivity contribution in [1.82, 2.24) is 9.88 Å². The van der Waals surface area contributed by atoms with E-state index in [1.807, 2.05) is 24.3 Å². The lowest BCUT2D eigenvalue weighted by atomic mass is 10.1. The molecule has 0 spiro atoms. The lowest BCUT2D eigenvalue weighted by Crippen LogP contribution is -2.24. The minimum Gasteiger partial charge on any atom is -0.384 e. The number of fused-ring (bicyclic) bond motifs is 2. The first-order chi connectivity index (χ1) is 11.5. The van der Waals surface area contributed by atoms with Crippen LogP contribution < -0.4 is 16.6 Å². The number of nitrogens with one attached hydrogen (secondary N) is 1. The Balaban J connectivity index is 2.12. The molecule has 4 rings (SSSR count). The quantitative estimate of drug-likeness (QED) is 0.629. The predicted molar refractivity (Wildman–Crippen MR) is 93.5 cm³/mol. The second kappa shape index (κ2) is 5.04. The Labute approximate surface area is 144 Å². The number of anilines is 1. The van der Waals surface area contributed by atoms with Gasteiger partial charge in [-0.05, 0) is 17.5 Å². The topological polar surface area (TPSA) is 94.2 Å². The molecule has 7 heteroatoms. The zero-order valence-corrected chi connectivity index (χ0v) is 13.8. The molecule has 3 aromatic rings. The number of halogens is 1. The molecule has 24 heavy (non-hydrogen) atoms. The highest BCUT2D eigenvalue weighted by Gasteiger charge is 2.32. The average molecular weight is 384 g/mol. The summed E-state index contributed by atoms with van der Waals surface area (Å²) in [6, 6.07) is 12.2. The highest BCUT2D eigenvalue weighted by atomic mass is 79.9. The third kappa shape index (κ3) is 1.91. The minimum absolute atomic E-state index is 0.0140. The van der Waals surface area contributed by atoms with Crippen LogP contribution in [0.3, 0.4) is 0 Å². The average Bonchev–Trinajstić information content (AvgIpc) is 2.82. The van der Waals surface area contributed by atoms with Gasteiger partial charge in [0.2, 0.25) is 0 Å². The Morgan fingerprint density at radius 3 is 2.46 bits per heavy atom. The van der Waals surface area contributed by atoms with Crippen LogP contribution in [0.15, 0.2) is 51.7 Å².